The zero-order chi connectivity index (χ0) is 14.6. The minimum atomic E-state index is -0.0971. The van der Waals surface area contributed by atoms with Crippen LogP contribution in [0.4, 0.5) is 0 Å². The number of thiazole rings is 1. The Hall–Kier alpha value is -1.86. The van der Waals surface area contributed by atoms with Gasteiger partial charge in [0.05, 0.1) is 17.3 Å². The van der Waals surface area contributed by atoms with Crippen molar-refractivity contribution in [3.63, 3.8) is 0 Å². The zero-order valence-electron chi connectivity index (χ0n) is 12.0. The summed E-state index contributed by atoms with van der Waals surface area (Å²) in [7, 11) is 0. The molecule has 1 aromatic heterocycles. The molecule has 0 saturated heterocycles. The van der Waals surface area contributed by atoms with Gasteiger partial charge in [-0.2, -0.15) is 5.26 Å². The summed E-state index contributed by atoms with van der Waals surface area (Å²) in [6.45, 7) is 6.80. The first-order valence-corrected chi connectivity index (χ1v) is 7.40. The van der Waals surface area contributed by atoms with E-state index in [1.165, 1.54) is 11.3 Å². The van der Waals surface area contributed by atoms with E-state index in [-0.39, 0.29) is 5.41 Å². The second-order valence-corrected chi connectivity index (χ2v) is 6.64. The monoisotopic (exact) mass is 286 g/mol. The lowest BCUT2D eigenvalue weighted by molar-refractivity contribution is 0.321. The number of benzene rings is 1. The van der Waals surface area contributed by atoms with Crippen LogP contribution < -0.4 is 4.74 Å². The molecule has 4 heteroatoms. The van der Waals surface area contributed by atoms with E-state index < -0.39 is 0 Å². The third-order valence-corrected chi connectivity index (χ3v) is 3.83. The van der Waals surface area contributed by atoms with Crippen molar-refractivity contribution in [1.29, 1.82) is 5.26 Å². The van der Waals surface area contributed by atoms with Crippen LogP contribution in [0.3, 0.4) is 0 Å². The number of para-hydroxylation sites is 1. The summed E-state index contributed by atoms with van der Waals surface area (Å²) in [5.41, 5.74) is 0.791. The maximum atomic E-state index is 9.19. The van der Waals surface area contributed by atoms with Gasteiger partial charge in [0, 0.05) is 11.8 Å². The fourth-order valence-electron chi connectivity index (χ4n) is 1.83. The van der Waals surface area contributed by atoms with Gasteiger partial charge in [0.1, 0.15) is 16.7 Å². The van der Waals surface area contributed by atoms with E-state index in [9.17, 15) is 5.26 Å². The second kappa shape index (κ2) is 6.06. The van der Waals surface area contributed by atoms with Crippen LogP contribution in [0.25, 0.3) is 0 Å². The van der Waals surface area contributed by atoms with Crippen molar-refractivity contribution in [3.05, 3.63) is 45.9 Å². The van der Waals surface area contributed by atoms with Gasteiger partial charge < -0.3 is 4.74 Å². The Morgan fingerprint density at radius 1 is 1.25 bits per heavy atom. The van der Waals surface area contributed by atoms with E-state index in [0.717, 1.165) is 22.9 Å². The quantitative estimate of drug-likeness (QED) is 0.855. The van der Waals surface area contributed by atoms with Gasteiger partial charge in [0.15, 0.2) is 0 Å². The van der Waals surface area contributed by atoms with Crippen molar-refractivity contribution in [2.75, 3.05) is 6.61 Å². The maximum Gasteiger partial charge on any atom is 0.128 e. The van der Waals surface area contributed by atoms with Crippen LogP contribution >= 0.6 is 11.3 Å². The van der Waals surface area contributed by atoms with Gasteiger partial charge in [0.25, 0.3) is 0 Å². The third kappa shape index (κ3) is 3.58. The molecule has 0 bridgehead atoms. The van der Waals surface area contributed by atoms with Gasteiger partial charge in [-0.15, -0.1) is 11.3 Å². The molecule has 0 aliphatic heterocycles. The van der Waals surface area contributed by atoms with E-state index in [1.54, 1.807) is 0 Å². The minimum Gasteiger partial charge on any atom is -0.493 e. The molecule has 0 spiro atoms. The third-order valence-electron chi connectivity index (χ3n) is 2.81. The Labute approximate surface area is 123 Å². The lowest BCUT2D eigenvalue weighted by atomic mass is 9.91. The van der Waals surface area contributed by atoms with Gasteiger partial charge >= 0.3 is 0 Å². The molecule has 0 aliphatic carbocycles. The van der Waals surface area contributed by atoms with E-state index in [4.69, 9.17) is 4.74 Å². The molecule has 0 aliphatic rings. The number of nitriles is 1. The van der Waals surface area contributed by atoms with E-state index in [1.807, 2.05) is 30.3 Å². The Morgan fingerprint density at radius 3 is 2.50 bits per heavy atom. The summed E-state index contributed by atoms with van der Waals surface area (Å²) in [4.78, 5) is 5.31. The smallest absolute Gasteiger partial charge is 0.128 e. The van der Waals surface area contributed by atoms with Crippen molar-refractivity contribution < 1.29 is 4.74 Å². The molecule has 0 radical (unpaired) electrons. The van der Waals surface area contributed by atoms with E-state index in [2.05, 4.69) is 31.8 Å². The van der Waals surface area contributed by atoms with E-state index in [0.29, 0.717) is 11.5 Å². The van der Waals surface area contributed by atoms with Crippen molar-refractivity contribution in [2.45, 2.75) is 32.6 Å². The molecule has 104 valence electrons. The van der Waals surface area contributed by atoms with Crippen LogP contribution in [0.15, 0.2) is 30.3 Å². The second-order valence-electron chi connectivity index (χ2n) is 5.56. The topological polar surface area (TPSA) is 45.9 Å². The van der Waals surface area contributed by atoms with Crippen molar-refractivity contribution >= 4 is 11.3 Å². The molecule has 0 saturated carbocycles. The summed E-state index contributed by atoms with van der Waals surface area (Å²) in [5, 5.41) is 10.1. The number of hydrogen-bond donors (Lipinski definition) is 0. The molecule has 1 aromatic carbocycles. The average molecular weight is 286 g/mol. The lowest BCUT2D eigenvalue weighted by Gasteiger charge is -2.15. The molecular weight excluding hydrogens is 268 g/mol. The first-order chi connectivity index (χ1) is 9.50. The molecule has 3 nitrogen and oxygen atoms in total. The minimum absolute atomic E-state index is 0.0971. The number of rotatable bonds is 4. The Kier molecular flexibility index (Phi) is 4.41. The molecule has 0 atom stereocenters. The van der Waals surface area contributed by atoms with Gasteiger partial charge in [-0.25, -0.2) is 4.98 Å². The summed E-state index contributed by atoms with van der Waals surface area (Å²) < 4.78 is 5.66. The average Bonchev–Trinajstić information content (AvgIpc) is 2.83. The molecule has 20 heavy (non-hydrogen) atoms. The largest absolute Gasteiger partial charge is 0.493 e. The predicted molar refractivity (Wildman–Crippen MR) is 81.2 cm³/mol. The molecule has 2 rings (SSSR count). The Morgan fingerprint density at radius 2 is 1.95 bits per heavy atom. The summed E-state index contributed by atoms with van der Waals surface area (Å²) in [6.07, 6.45) is 0.727. The molecule has 2 aromatic rings. The van der Waals surface area contributed by atoms with Crippen molar-refractivity contribution in [2.24, 2.45) is 0 Å². The van der Waals surface area contributed by atoms with Crippen LogP contribution in [-0.4, -0.2) is 11.6 Å². The molecule has 0 unspecified atom stereocenters. The normalized spacial score (nSPS) is 11.1. The standard InChI is InChI=1S/C16H18N2OS/c1-16(2,3)15-13(11-17)20-14(18-15)9-10-19-12-7-5-4-6-8-12/h4-8H,9-10H2,1-3H3. The molecule has 0 N–H and O–H groups in total. The molecule has 0 fully saturated rings. The van der Waals surface area contributed by atoms with Crippen LogP contribution in [0, 0.1) is 11.3 Å². The highest BCUT2D eigenvalue weighted by atomic mass is 32.1. The van der Waals surface area contributed by atoms with E-state index >= 15 is 0 Å². The van der Waals surface area contributed by atoms with Crippen LogP contribution in [0.5, 0.6) is 5.75 Å². The fourth-order valence-corrected chi connectivity index (χ4v) is 2.88. The number of nitrogens with zero attached hydrogens (tertiary/aromatic N) is 2. The summed E-state index contributed by atoms with van der Waals surface area (Å²) in [6, 6.07) is 12.0. The molecule has 0 amide bonds. The Balaban J connectivity index is 2.01. The predicted octanol–water partition coefficient (Wildman–Crippen LogP) is 3.93. The van der Waals surface area contributed by atoms with Gasteiger partial charge in [0.2, 0.25) is 0 Å². The highest BCUT2D eigenvalue weighted by Crippen LogP contribution is 2.29. The van der Waals surface area contributed by atoms with Gasteiger partial charge in [-0.1, -0.05) is 39.0 Å². The first-order valence-electron chi connectivity index (χ1n) is 6.59. The summed E-state index contributed by atoms with van der Waals surface area (Å²) in [5.74, 6) is 0.862. The Bertz CT molecular complexity index is 606. The number of aromatic nitrogens is 1. The number of ether oxygens (including phenoxy) is 1. The van der Waals surface area contributed by atoms with Crippen LogP contribution in [-0.2, 0) is 11.8 Å². The SMILES string of the molecule is CC(C)(C)c1nc(CCOc2ccccc2)sc1C#N. The molecular formula is C16H18N2OS. The fraction of sp³-hybridized carbons (Fsp3) is 0.375. The first kappa shape index (κ1) is 14.5. The van der Waals surface area contributed by atoms with Crippen LogP contribution in [0.1, 0.15) is 36.3 Å². The highest BCUT2D eigenvalue weighted by molar-refractivity contribution is 7.12. The zero-order valence-corrected chi connectivity index (χ0v) is 12.8. The maximum absolute atomic E-state index is 9.19. The van der Waals surface area contributed by atoms with Gasteiger partial charge in [-0.05, 0) is 12.1 Å². The van der Waals surface area contributed by atoms with Crippen molar-refractivity contribution in [1.82, 2.24) is 4.98 Å². The highest BCUT2D eigenvalue weighted by Gasteiger charge is 2.23. The van der Waals surface area contributed by atoms with Crippen LogP contribution in [0.2, 0.25) is 0 Å². The lowest BCUT2D eigenvalue weighted by Crippen LogP contribution is -2.13. The molecule has 1 heterocycles. The number of hydrogen-bond acceptors (Lipinski definition) is 4. The van der Waals surface area contributed by atoms with Crippen molar-refractivity contribution in [3.8, 4) is 11.8 Å². The van der Waals surface area contributed by atoms with Gasteiger partial charge in [-0.3, -0.25) is 0 Å². The summed E-state index contributed by atoms with van der Waals surface area (Å²) >= 11 is 1.47.